The van der Waals surface area contributed by atoms with Crippen molar-refractivity contribution in [1.82, 2.24) is 9.78 Å². The SMILES string of the molecule is CCn1nc(C)cc1C(=O)c1ccccc1C1CCC1. The second-order valence-corrected chi connectivity index (χ2v) is 5.53. The Morgan fingerprint density at radius 3 is 2.75 bits per heavy atom. The molecule has 3 nitrogen and oxygen atoms in total. The molecule has 0 saturated heterocycles. The number of benzene rings is 1. The minimum absolute atomic E-state index is 0.106. The van der Waals surface area contributed by atoms with Gasteiger partial charge in [0.05, 0.1) is 5.69 Å². The van der Waals surface area contributed by atoms with Crippen LogP contribution >= 0.6 is 0 Å². The predicted octanol–water partition coefficient (Wildman–Crippen LogP) is 3.71. The highest BCUT2D eigenvalue weighted by Crippen LogP contribution is 2.38. The number of carbonyl (C=O) groups is 1. The van der Waals surface area contributed by atoms with Gasteiger partial charge in [-0.1, -0.05) is 30.7 Å². The molecule has 0 bridgehead atoms. The molecule has 1 fully saturated rings. The minimum atomic E-state index is 0.106. The maximum Gasteiger partial charge on any atom is 0.211 e. The van der Waals surface area contributed by atoms with Crippen molar-refractivity contribution in [2.75, 3.05) is 0 Å². The number of hydrogen-bond donors (Lipinski definition) is 0. The topological polar surface area (TPSA) is 34.9 Å². The van der Waals surface area contributed by atoms with Crippen LogP contribution in [-0.4, -0.2) is 15.6 Å². The lowest BCUT2D eigenvalue weighted by molar-refractivity contribution is 0.102. The molecule has 0 unspecified atom stereocenters. The highest BCUT2D eigenvalue weighted by atomic mass is 16.1. The van der Waals surface area contributed by atoms with Crippen LogP contribution < -0.4 is 0 Å². The Balaban J connectivity index is 2.01. The fourth-order valence-corrected chi connectivity index (χ4v) is 2.89. The third kappa shape index (κ3) is 2.17. The van der Waals surface area contributed by atoms with Gasteiger partial charge in [-0.05, 0) is 44.2 Å². The smallest absolute Gasteiger partial charge is 0.211 e. The summed E-state index contributed by atoms with van der Waals surface area (Å²) in [5.74, 6) is 0.671. The van der Waals surface area contributed by atoms with Crippen LogP contribution in [0.1, 0.15) is 59.4 Å². The average Bonchev–Trinajstić information content (AvgIpc) is 2.78. The summed E-state index contributed by atoms with van der Waals surface area (Å²) in [6, 6.07) is 9.94. The molecule has 1 aliphatic carbocycles. The average molecular weight is 268 g/mol. The predicted molar refractivity (Wildman–Crippen MR) is 79.1 cm³/mol. The summed E-state index contributed by atoms with van der Waals surface area (Å²) in [6.45, 7) is 4.67. The number of aryl methyl sites for hydroxylation is 2. The lowest BCUT2D eigenvalue weighted by Crippen LogP contribution is -2.16. The van der Waals surface area contributed by atoms with Crippen molar-refractivity contribution in [2.24, 2.45) is 0 Å². The monoisotopic (exact) mass is 268 g/mol. The van der Waals surface area contributed by atoms with Crippen LogP contribution in [0.25, 0.3) is 0 Å². The third-order valence-corrected chi connectivity index (χ3v) is 4.18. The van der Waals surface area contributed by atoms with E-state index in [1.54, 1.807) is 4.68 Å². The maximum atomic E-state index is 12.8. The number of rotatable bonds is 4. The minimum Gasteiger partial charge on any atom is -0.287 e. The maximum absolute atomic E-state index is 12.8. The molecule has 0 aliphatic heterocycles. The molecule has 104 valence electrons. The first-order valence-electron chi connectivity index (χ1n) is 7.38. The molecule has 1 heterocycles. The van der Waals surface area contributed by atoms with E-state index in [0.29, 0.717) is 11.6 Å². The number of aromatic nitrogens is 2. The summed E-state index contributed by atoms with van der Waals surface area (Å²) in [5, 5.41) is 4.38. The van der Waals surface area contributed by atoms with Crippen molar-refractivity contribution in [3.05, 3.63) is 52.8 Å². The van der Waals surface area contributed by atoms with Gasteiger partial charge < -0.3 is 0 Å². The van der Waals surface area contributed by atoms with Crippen LogP contribution in [0, 0.1) is 6.92 Å². The molecular formula is C17H20N2O. The zero-order chi connectivity index (χ0) is 14.1. The Morgan fingerprint density at radius 2 is 2.10 bits per heavy atom. The summed E-state index contributed by atoms with van der Waals surface area (Å²) >= 11 is 0. The largest absolute Gasteiger partial charge is 0.287 e. The molecular weight excluding hydrogens is 248 g/mol. The zero-order valence-electron chi connectivity index (χ0n) is 12.1. The zero-order valence-corrected chi connectivity index (χ0v) is 12.1. The van der Waals surface area contributed by atoms with Crippen LogP contribution in [0.3, 0.4) is 0 Å². The van der Waals surface area contributed by atoms with Gasteiger partial charge in [0.2, 0.25) is 5.78 Å². The quantitative estimate of drug-likeness (QED) is 0.792. The molecule has 0 amide bonds. The Hall–Kier alpha value is -1.90. The van der Waals surface area contributed by atoms with Crippen LogP contribution in [-0.2, 0) is 6.54 Å². The van der Waals surface area contributed by atoms with Gasteiger partial charge in [-0.2, -0.15) is 5.10 Å². The normalized spacial score (nSPS) is 15.1. The number of nitrogens with zero attached hydrogens (tertiary/aromatic N) is 2. The van der Waals surface area contributed by atoms with Crippen molar-refractivity contribution in [1.29, 1.82) is 0 Å². The fraction of sp³-hybridized carbons (Fsp3) is 0.412. The summed E-state index contributed by atoms with van der Waals surface area (Å²) in [5.41, 5.74) is 3.67. The second-order valence-electron chi connectivity index (χ2n) is 5.53. The first kappa shape index (κ1) is 13.1. The standard InChI is InChI=1S/C17H20N2O/c1-3-19-16(11-12(2)18-19)17(20)15-10-5-4-9-14(15)13-7-6-8-13/h4-5,9-11,13H,3,6-8H2,1-2H3. The van der Waals surface area contributed by atoms with Crippen LogP contribution in [0.2, 0.25) is 0 Å². The van der Waals surface area contributed by atoms with Gasteiger partial charge in [-0.25, -0.2) is 0 Å². The highest BCUT2D eigenvalue weighted by Gasteiger charge is 2.25. The molecule has 0 atom stereocenters. The van der Waals surface area contributed by atoms with E-state index in [1.807, 2.05) is 38.1 Å². The number of hydrogen-bond acceptors (Lipinski definition) is 2. The molecule has 1 aliphatic rings. The highest BCUT2D eigenvalue weighted by molar-refractivity contribution is 6.09. The molecule has 1 aromatic heterocycles. The van der Waals surface area contributed by atoms with E-state index in [9.17, 15) is 4.79 Å². The molecule has 3 heteroatoms. The van der Waals surface area contributed by atoms with Crippen LogP contribution in [0.4, 0.5) is 0 Å². The van der Waals surface area contributed by atoms with E-state index in [0.717, 1.165) is 17.8 Å². The first-order valence-corrected chi connectivity index (χ1v) is 7.38. The summed E-state index contributed by atoms with van der Waals surface area (Å²) in [7, 11) is 0. The lowest BCUT2D eigenvalue weighted by atomic mass is 9.77. The number of ketones is 1. The van der Waals surface area contributed by atoms with E-state index in [2.05, 4.69) is 11.2 Å². The Kier molecular flexibility index (Phi) is 3.43. The molecule has 20 heavy (non-hydrogen) atoms. The van der Waals surface area contributed by atoms with Gasteiger partial charge in [-0.15, -0.1) is 0 Å². The summed E-state index contributed by atoms with van der Waals surface area (Å²) < 4.78 is 1.80. The fourth-order valence-electron chi connectivity index (χ4n) is 2.89. The molecule has 1 aromatic carbocycles. The van der Waals surface area contributed by atoms with E-state index in [1.165, 1.54) is 24.8 Å². The van der Waals surface area contributed by atoms with E-state index < -0.39 is 0 Å². The van der Waals surface area contributed by atoms with Crippen molar-refractivity contribution in [3.63, 3.8) is 0 Å². The molecule has 0 N–H and O–H groups in total. The van der Waals surface area contributed by atoms with E-state index in [-0.39, 0.29) is 5.78 Å². The Bertz CT molecular complexity index is 638. The molecule has 0 radical (unpaired) electrons. The van der Waals surface area contributed by atoms with Crippen molar-refractivity contribution >= 4 is 5.78 Å². The van der Waals surface area contributed by atoms with Gasteiger partial charge >= 0.3 is 0 Å². The van der Waals surface area contributed by atoms with Gasteiger partial charge in [0.25, 0.3) is 0 Å². The lowest BCUT2D eigenvalue weighted by Gasteiger charge is -2.27. The van der Waals surface area contributed by atoms with Crippen LogP contribution in [0.5, 0.6) is 0 Å². The van der Waals surface area contributed by atoms with Gasteiger partial charge in [-0.3, -0.25) is 9.48 Å². The molecule has 0 spiro atoms. The van der Waals surface area contributed by atoms with Gasteiger partial charge in [0, 0.05) is 12.1 Å². The molecule has 2 aromatic rings. The van der Waals surface area contributed by atoms with Crippen molar-refractivity contribution in [2.45, 2.75) is 45.6 Å². The summed E-state index contributed by atoms with van der Waals surface area (Å²) in [4.78, 5) is 12.8. The van der Waals surface area contributed by atoms with Crippen LogP contribution in [0.15, 0.2) is 30.3 Å². The van der Waals surface area contributed by atoms with E-state index in [4.69, 9.17) is 0 Å². The first-order chi connectivity index (χ1) is 9.70. The summed E-state index contributed by atoms with van der Waals surface area (Å²) in [6.07, 6.45) is 3.69. The third-order valence-electron chi connectivity index (χ3n) is 4.18. The van der Waals surface area contributed by atoms with Crippen molar-refractivity contribution in [3.8, 4) is 0 Å². The van der Waals surface area contributed by atoms with E-state index >= 15 is 0 Å². The Morgan fingerprint density at radius 1 is 1.35 bits per heavy atom. The molecule has 3 rings (SSSR count). The van der Waals surface area contributed by atoms with Gasteiger partial charge in [0.1, 0.15) is 5.69 Å². The second kappa shape index (κ2) is 5.23. The number of carbonyl (C=O) groups excluding carboxylic acids is 1. The Labute approximate surface area is 119 Å². The molecule has 1 saturated carbocycles. The van der Waals surface area contributed by atoms with Gasteiger partial charge in [0.15, 0.2) is 0 Å². The van der Waals surface area contributed by atoms with Crippen molar-refractivity contribution < 1.29 is 4.79 Å².